The van der Waals surface area contributed by atoms with Crippen LogP contribution < -0.4 is 11.5 Å². The molecule has 0 spiro atoms. The summed E-state index contributed by atoms with van der Waals surface area (Å²) in [5.41, 5.74) is 10.1. The normalized spacial score (nSPS) is 15.7. The van der Waals surface area contributed by atoms with Crippen molar-refractivity contribution >= 4 is 11.9 Å². The van der Waals surface area contributed by atoms with Crippen molar-refractivity contribution in [3.05, 3.63) is 0 Å². The Morgan fingerprint density at radius 2 is 1.15 bits per heavy atom. The Kier molecular flexibility index (Phi) is 16.4. The second kappa shape index (κ2) is 16.1. The number of alkyl halides is 6. The van der Waals surface area contributed by atoms with Gasteiger partial charge in [-0.3, -0.25) is 9.59 Å². The maximum atomic E-state index is 12.5. The number of hydrogen-bond acceptors (Lipinski definition) is 6. The molecule has 12 heteroatoms. The van der Waals surface area contributed by atoms with Crippen LogP contribution in [0.1, 0.15) is 66.7 Å². The van der Waals surface area contributed by atoms with Crippen LogP contribution in [0.15, 0.2) is 0 Å². The number of carbonyl (C=O) groups excluding carboxylic acids is 2. The van der Waals surface area contributed by atoms with Gasteiger partial charge in [-0.05, 0) is 32.6 Å². The fourth-order valence-electron chi connectivity index (χ4n) is 2.91. The molecule has 6 nitrogen and oxygen atoms in total. The predicted octanol–water partition coefficient (Wildman–Crippen LogP) is 4.74. The summed E-state index contributed by atoms with van der Waals surface area (Å²) in [6, 6.07) is -4.30. The van der Waals surface area contributed by atoms with Gasteiger partial charge >= 0.3 is 24.3 Å². The van der Waals surface area contributed by atoms with Crippen molar-refractivity contribution in [1.82, 2.24) is 0 Å². The molecule has 0 aromatic carbocycles. The first-order chi connectivity index (χ1) is 15.0. The van der Waals surface area contributed by atoms with E-state index in [9.17, 15) is 35.9 Å². The zero-order valence-corrected chi connectivity index (χ0v) is 19.9. The molecule has 4 atom stereocenters. The molecule has 0 saturated carbocycles. The highest BCUT2D eigenvalue weighted by Crippen LogP contribution is 2.29. The van der Waals surface area contributed by atoms with E-state index in [0.717, 1.165) is 12.8 Å². The largest absolute Gasteiger partial charge is 0.466 e. The van der Waals surface area contributed by atoms with Crippen LogP contribution in [0.25, 0.3) is 0 Å². The van der Waals surface area contributed by atoms with Gasteiger partial charge in [0.1, 0.15) is 12.1 Å². The van der Waals surface area contributed by atoms with Crippen molar-refractivity contribution in [3.63, 3.8) is 0 Å². The molecule has 4 N–H and O–H groups in total. The van der Waals surface area contributed by atoms with Crippen molar-refractivity contribution in [3.8, 4) is 0 Å². The Morgan fingerprint density at radius 3 is 1.48 bits per heavy atom. The van der Waals surface area contributed by atoms with E-state index in [4.69, 9.17) is 11.5 Å². The van der Waals surface area contributed by atoms with E-state index in [0.29, 0.717) is 6.42 Å². The maximum Gasteiger partial charge on any atom is 0.404 e. The topological polar surface area (TPSA) is 105 Å². The molecular weight excluding hydrogens is 458 g/mol. The summed E-state index contributed by atoms with van der Waals surface area (Å²) in [5.74, 6) is -4.39. The molecule has 0 saturated heterocycles. The molecule has 0 aliphatic heterocycles. The minimum Gasteiger partial charge on any atom is -0.466 e. The lowest BCUT2D eigenvalue weighted by Crippen LogP contribution is -2.47. The lowest BCUT2D eigenvalue weighted by molar-refractivity contribution is -0.177. The number of halogens is 6. The zero-order chi connectivity index (χ0) is 26.4. The highest BCUT2D eigenvalue weighted by atomic mass is 19.4. The molecule has 0 rings (SSSR count). The average Bonchev–Trinajstić information content (AvgIpc) is 2.67. The first-order valence-corrected chi connectivity index (χ1v) is 11.0. The van der Waals surface area contributed by atoms with Gasteiger partial charge in [-0.2, -0.15) is 26.3 Å². The van der Waals surface area contributed by atoms with Gasteiger partial charge in [0.25, 0.3) is 0 Å². The van der Waals surface area contributed by atoms with E-state index in [2.05, 4.69) is 9.47 Å². The summed E-state index contributed by atoms with van der Waals surface area (Å²) in [4.78, 5) is 22.8. The monoisotopic (exact) mass is 496 g/mol. The van der Waals surface area contributed by atoms with E-state index in [1.165, 1.54) is 0 Å². The molecule has 0 aromatic heterocycles. The summed E-state index contributed by atoms with van der Waals surface area (Å²) < 4.78 is 83.9. The van der Waals surface area contributed by atoms with Crippen LogP contribution >= 0.6 is 0 Å². The fourth-order valence-corrected chi connectivity index (χ4v) is 2.91. The van der Waals surface area contributed by atoms with Gasteiger partial charge in [-0.15, -0.1) is 0 Å². The summed E-state index contributed by atoms with van der Waals surface area (Å²) >= 11 is 0. The van der Waals surface area contributed by atoms with Gasteiger partial charge in [0.2, 0.25) is 0 Å². The number of ether oxygens (including phenoxy) is 2. The standard InChI is InChI=1S/C11H20F3NO2.C10H18F3NO2/c1-3-5-6-7-8(10(16)17-4-2)9(15)11(12,13)14;1-4-16-9(15)7(5-6(2)3)8(14)10(11,12)13/h8-9H,3-7,15H2,1-2H3;6-8H,4-5,14H2,1-3H3/t8-,9-;7-,8-/m11/s1. The number of nitrogens with two attached hydrogens (primary N) is 2. The van der Waals surface area contributed by atoms with Gasteiger partial charge in [0.15, 0.2) is 0 Å². The molecule has 33 heavy (non-hydrogen) atoms. The van der Waals surface area contributed by atoms with Gasteiger partial charge in [0, 0.05) is 0 Å². The smallest absolute Gasteiger partial charge is 0.404 e. The molecule has 0 fully saturated rings. The predicted molar refractivity (Wildman–Crippen MR) is 112 cm³/mol. The van der Waals surface area contributed by atoms with E-state index >= 15 is 0 Å². The van der Waals surface area contributed by atoms with E-state index < -0.39 is 48.2 Å². The second-order valence-electron chi connectivity index (χ2n) is 7.98. The van der Waals surface area contributed by atoms with Crippen LogP contribution in [-0.2, 0) is 19.1 Å². The number of carbonyl (C=O) groups is 2. The van der Waals surface area contributed by atoms with Crippen LogP contribution in [0.2, 0.25) is 0 Å². The first-order valence-electron chi connectivity index (χ1n) is 11.0. The summed E-state index contributed by atoms with van der Waals surface area (Å²) in [6.07, 6.45) is -6.76. The van der Waals surface area contributed by atoms with Crippen molar-refractivity contribution in [2.45, 2.75) is 91.2 Å². The lowest BCUT2D eigenvalue weighted by Gasteiger charge is -2.25. The minimum absolute atomic E-state index is 0.0530. The van der Waals surface area contributed by atoms with E-state index in [1.807, 2.05) is 6.92 Å². The molecule has 0 aromatic rings. The molecular formula is C21H38F6N2O4. The number of unbranched alkanes of at least 4 members (excludes halogenated alkanes) is 2. The Hall–Kier alpha value is -1.56. The quantitative estimate of drug-likeness (QED) is 0.230. The van der Waals surface area contributed by atoms with Crippen molar-refractivity contribution in [1.29, 1.82) is 0 Å². The first kappa shape index (κ1) is 33.6. The Labute approximate surface area is 191 Å². The van der Waals surface area contributed by atoms with Gasteiger partial charge < -0.3 is 20.9 Å². The Balaban J connectivity index is 0. The van der Waals surface area contributed by atoms with Gasteiger partial charge in [0.05, 0.1) is 25.0 Å². The van der Waals surface area contributed by atoms with Gasteiger partial charge in [-0.1, -0.05) is 40.0 Å². The minimum atomic E-state index is -4.58. The molecule has 0 bridgehead atoms. The van der Waals surface area contributed by atoms with E-state index in [1.54, 1.807) is 27.7 Å². The molecule has 0 amide bonds. The number of esters is 2. The number of hydrogen-bond donors (Lipinski definition) is 2. The lowest BCUT2D eigenvalue weighted by atomic mass is 9.90. The van der Waals surface area contributed by atoms with Crippen LogP contribution in [0.3, 0.4) is 0 Å². The second-order valence-corrected chi connectivity index (χ2v) is 7.98. The molecule has 0 aliphatic rings. The molecule has 198 valence electrons. The highest BCUT2D eigenvalue weighted by Gasteiger charge is 2.46. The Bertz CT molecular complexity index is 556. The number of rotatable bonds is 12. The van der Waals surface area contributed by atoms with Crippen LogP contribution in [0, 0.1) is 17.8 Å². The van der Waals surface area contributed by atoms with Gasteiger partial charge in [-0.25, -0.2) is 0 Å². The van der Waals surface area contributed by atoms with Crippen molar-refractivity contribution in [2.75, 3.05) is 13.2 Å². The fraction of sp³-hybridized carbons (Fsp3) is 0.905. The van der Waals surface area contributed by atoms with Crippen molar-refractivity contribution < 1.29 is 45.4 Å². The SMILES string of the molecule is CCCCC[C@@H](C(=O)OCC)[C@@H](N)C(F)(F)F.CCOC(=O)[C@H](CC(C)C)[C@@H](N)C(F)(F)F. The van der Waals surface area contributed by atoms with Crippen LogP contribution in [0.4, 0.5) is 26.3 Å². The van der Waals surface area contributed by atoms with Crippen molar-refractivity contribution in [2.24, 2.45) is 29.2 Å². The zero-order valence-electron chi connectivity index (χ0n) is 19.9. The third-order valence-corrected chi connectivity index (χ3v) is 4.65. The van der Waals surface area contributed by atoms with Crippen LogP contribution in [-0.4, -0.2) is 49.6 Å². The molecule has 0 heterocycles. The third-order valence-electron chi connectivity index (χ3n) is 4.65. The Morgan fingerprint density at radius 1 is 0.758 bits per heavy atom. The molecule has 0 unspecified atom stereocenters. The maximum absolute atomic E-state index is 12.5. The molecule has 0 radical (unpaired) electrons. The van der Waals surface area contributed by atoms with E-state index in [-0.39, 0.29) is 32.0 Å². The average molecular weight is 497 g/mol. The highest BCUT2D eigenvalue weighted by molar-refractivity contribution is 5.73. The third kappa shape index (κ3) is 14.3. The summed E-state index contributed by atoms with van der Waals surface area (Å²) in [5, 5.41) is 0. The summed E-state index contributed by atoms with van der Waals surface area (Å²) in [7, 11) is 0. The van der Waals surface area contributed by atoms with Crippen LogP contribution in [0.5, 0.6) is 0 Å². The molecule has 0 aliphatic carbocycles. The summed E-state index contributed by atoms with van der Waals surface area (Å²) in [6.45, 7) is 8.61.